The van der Waals surface area contributed by atoms with E-state index in [1.165, 1.54) is 56.7 Å². The van der Waals surface area contributed by atoms with Gasteiger partial charge in [-0.3, -0.25) is 20.4 Å². The van der Waals surface area contributed by atoms with E-state index < -0.39 is 36.8 Å². The number of hydrogen-bond acceptors (Lipinski definition) is 7. The van der Waals surface area contributed by atoms with Crippen molar-refractivity contribution in [3.63, 3.8) is 0 Å². The number of para-hydroxylation sites is 1. The van der Waals surface area contributed by atoms with Crippen molar-refractivity contribution in [1.82, 2.24) is 10.9 Å². The highest BCUT2D eigenvalue weighted by Gasteiger charge is 2.13. The molecule has 2 aromatic rings. The molecule has 0 saturated carbocycles. The van der Waals surface area contributed by atoms with Gasteiger partial charge < -0.3 is 18.9 Å². The Labute approximate surface area is 165 Å². The second kappa shape index (κ2) is 10.5. The molecule has 0 unspecified atom stereocenters. The molecule has 0 heterocycles. The monoisotopic (exact) mass is 406 g/mol. The number of nitrogens with one attached hydrogen (secondary N) is 2. The molecule has 0 radical (unpaired) electrons. The lowest BCUT2D eigenvalue weighted by atomic mass is 10.2. The van der Waals surface area contributed by atoms with Crippen LogP contribution in [0.3, 0.4) is 0 Å². The van der Waals surface area contributed by atoms with Crippen LogP contribution in [0.2, 0.25) is 0 Å². The number of methoxy groups -OCH3 is 2. The number of ether oxygens (including phenoxy) is 4. The van der Waals surface area contributed by atoms with Crippen molar-refractivity contribution >= 4 is 17.8 Å². The number of rotatable bonds is 8. The quantitative estimate of drug-likeness (QED) is 0.501. The van der Waals surface area contributed by atoms with Gasteiger partial charge in [-0.2, -0.15) is 0 Å². The molecule has 2 amide bonds. The summed E-state index contributed by atoms with van der Waals surface area (Å²) >= 11 is 0. The first kappa shape index (κ1) is 21.5. The Morgan fingerprint density at radius 2 is 1.62 bits per heavy atom. The second-order valence-corrected chi connectivity index (χ2v) is 5.45. The van der Waals surface area contributed by atoms with Gasteiger partial charge in [-0.25, -0.2) is 9.18 Å². The third-order valence-corrected chi connectivity index (χ3v) is 3.51. The first-order chi connectivity index (χ1) is 13.9. The van der Waals surface area contributed by atoms with Crippen LogP contribution in [-0.2, 0) is 14.3 Å². The zero-order valence-electron chi connectivity index (χ0n) is 15.7. The minimum atomic E-state index is -0.880. The highest BCUT2D eigenvalue weighted by molar-refractivity contribution is 5.96. The molecule has 2 rings (SSSR count). The maximum absolute atomic E-state index is 13.4. The summed E-state index contributed by atoms with van der Waals surface area (Å²) in [5.41, 5.74) is 4.47. The van der Waals surface area contributed by atoms with Crippen LogP contribution in [0.4, 0.5) is 4.39 Å². The number of hydrogen-bond donors (Lipinski definition) is 2. The molecule has 0 fully saturated rings. The lowest BCUT2D eigenvalue weighted by Gasteiger charge is -2.11. The van der Waals surface area contributed by atoms with Gasteiger partial charge in [-0.1, -0.05) is 12.1 Å². The SMILES string of the molecule is COc1ccc(C(=O)NNC(=O)COC(=O)COc2ccccc2F)cc1OC. The van der Waals surface area contributed by atoms with Gasteiger partial charge >= 0.3 is 5.97 Å². The van der Waals surface area contributed by atoms with Crippen LogP contribution in [-0.4, -0.2) is 45.2 Å². The van der Waals surface area contributed by atoms with Crippen molar-refractivity contribution in [2.75, 3.05) is 27.4 Å². The summed E-state index contributed by atoms with van der Waals surface area (Å²) in [5, 5.41) is 0. The molecule has 29 heavy (non-hydrogen) atoms. The van der Waals surface area contributed by atoms with Crippen molar-refractivity contribution in [2.24, 2.45) is 0 Å². The molecule has 2 aromatic carbocycles. The molecular formula is C19H19FN2O7. The van der Waals surface area contributed by atoms with Crippen LogP contribution in [0, 0.1) is 5.82 Å². The standard InChI is InChI=1S/C19H19FN2O7/c1-26-15-8-7-12(9-16(15)27-2)19(25)22-21-17(23)10-29-18(24)11-28-14-6-4-3-5-13(14)20/h3-9H,10-11H2,1-2H3,(H,21,23)(H,22,25). The third kappa shape index (κ3) is 6.38. The van der Waals surface area contributed by atoms with Gasteiger partial charge in [0.05, 0.1) is 14.2 Å². The fourth-order valence-electron chi connectivity index (χ4n) is 2.10. The number of esters is 1. The maximum atomic E-state index is 13.4. The molecule has 0 saturated heterocycles. The fraction of sp³-hybridized carbons (Fsp3) is 0.211. The molecule has 2 N–H and O–H groups in total. The fourth-order valence-corrected chi connectivity index (χ4v) is 2.10. The first-order valence-corrected chi connectivity index (χ1v) is 8.28. The van der Waals surface area contributed by atoms with Crippen molar-refractivity contribution in [3.05, 3.63) is 53.8 Å². The molecule has 154 valence electrons. The van der Waals surface area contributed by atoms with E-state index in [2.05, 4.69) is 15.6 Å². The number of hydrazine groups is 1. The highest BCUT2D eigenvalue weighted by Crippen LogP contribution is 2.27. The average Bonchev–Trinajstić information content (AvgIpc) is 2.74. The van der Waals surface area contributed by atoms with E-state index in [-0.39, 0.29) is 11.3 Å². The molecular weight excluding hydrogens is 387 g/mol. The lowest BCUT2D eigenvalue weighted by molar-refractivity contribution is -0.150. The number of carbonyl (C=O) groups excluding carboxylic acids is 3. The van der Waals surface area contributed by atoms with Crippen molar-refractivity contribution < 1.29 is 37.7 Å². The minimum Gasteiger partial charge on any atom is -0.493 e. The smallest absolute Gasteiger partial charge is 0.344 e. The largest absolute Gasteiger partial charge is 0.493 e. The van der Waals surface area contributed by atoms with Crippen molar-refractivity contribution in [1.29, 1.82) is 0 Å². The third-order valence-electron chi connectivity index (χ3n) is 3.51. The second-order valence-electron chi connectivity index (χ2n) is 5.45. The van der Waals surface area contributed by atoms with Crippen molar-refractivity contribution in [3.8, 4) is 17.2 Å². The summed E-state index contributed by atoms with van der Waals surface area (Å²) in [6.07, 6.45) is 0. The zero-order chi connectivity index (χ0) is 21.2. The predicted octanol–water partition coefficient (Wildman–Crippen LogP) is 1.23. The van der Waals surface area contributed by atoms with Crippen LogP contribution in [0.15, 0.2) is 42.5 Å². The molecule has 0 aliphatic rings. The minimum absolute atomic E-state index is 0.115. The number of carbonyl (C=O) groups is 3. The van der Waals surface area contributed by atoms with Crippen LogP contribution in [0.5, 0.6) is 17.2 Å². The van der Waals surface area contributed by atoms with Gasteiger partial charge in [0, 0.05) is 5.56 Å². The Balaban J connectivity index is 1.74. The van der Waals surface area contributed by atoms with E-state index in [9.17, 15) is 18.8 Å². The van der Waals surface area contributed by atoms with E-state index in [4.69, 9.17) is 14.2 Å². The van der Waals surface area contributed by atoms with Crippen LogP contribution in [0.25, 0.3) is 0 Å². The van der Waals surface area contributed by atoms with Crippen LogP contribution < -0.4 is 25.1 Å². The summed E-state index contributed by atoms with van der Waals surface area (Å²) in [7, 11) is 2.88. The molecule has 0 aliphatic carbocycles. The Hall–Kier alpha value is -3.82. The predicted molar refractivity (Wildman–Crippen MR) is 98.0 cm³/mol. The Morgan fingerprint density at radius 3 is 2.31 bits per heavy atom. The normalized spacial score (nSPS) is 9.90. The number of benzene rings is 2. The molecule has 0 aliphatic heterocycles. The zero-order valence-corrected chi connectivity index (χ0v) is 15.7. The van der Waals surface area contributed by atoms with Crippen LogP contribution >= 0.6 is 0 Å². The van der Waals surface area contributed by atoms with E-state index in [0.717, 1.165) is 0 Å². The van der Waals surface area contributed by atoms with Gasteiger partial charge in [0.25, 0.3) is 11.8 Å². The molecule has 0 aromatic heterocycles. The average molecular weight is 406 g/mol. The van der Waals surface area contributed by atoms with Gasteiger partial charge in [0.15, 0.2) is 36.3 Å². The van der Waals surface area contributed by atoms with Crippen molar-refractivity contribution in [2.45, 2.75) is 0 Å². The Kier molecular flexibility index (Phi) is 7.78. The summed E-state index contributed by atoms with van der Waals surface area (Å²) in [6.45, 7) is -1.24. The molecule has 0 atom stereocenters. The van der Waals surface area contributed by atoms with Gasteiger partial charge in [0.1, 0.15) is 0 Å². The van der Waals surface area contributed by atoms with Gasteiger partial charge in [0.2, 0.25) is 0 Å². The van der Waals surface area contributed by atoms with E-state index >= 15 is 0 Å². The Morgan fingerprint density at radius 1 is 0.897 bits per heavy atom. The van der Waals surface area contributed by atoms with Gasteiger partial charge in [-0.05, 0) is 30.3 Å². The molecule has 10 heteroatoms. The Bertz CT molecular complexity index is 889. The topological polar surface area (TPSA) is 112 Å². The number of halogens is 1. The number of amides is 2. The molecule has 0 bridgehead atoms. The van der Waals surface area contributed by atoms with E-state index in [0.29, 0.717) is 11.5 Å². The molecule has 0 spiro atoms. The summed E-state index contributed by atoms with van der Waals surface area (Å²) in [6, 6.07) is 9.98. The van der Waals surface area contributed by atoms with E-state index in [1.54, 1.807) is 0 Å². The summed E-state index contributed by atoms with van der Waals surface area (Å²) in [5.74, 6) is -2.24. The summed E-state index contributed by atoms with van der Waals surface area (Å²) < 4.78 is 33.2. The highest BCUT2D eigenvalue weighted by atomic mass is 19.1. The first-order valence-electron chi connectivity index (χ1n) is 8.28. The van der Waals surface area contributed by atoms with E-state index in [1.807, 2.05) is 0 Å². The molecule has 9 nitrogen and oxygen atoms in total. The summed E-state index contributed by atoms with van der Waals surface area (Å²) in [4.78, 5) is 35.3. The van der Waals surface area contributed by atoms with Crippen LogP contribution in [0.1, 0.15) is 10.4 Å². The lowest BCUT2D eigenvalue weighted by Crippen LogP contribution is -2.43. The van der Waals surface area contributed by atoms with Gasteiger partial charge in [-0.15, -0.1) is 0 Å². The maximum Gasteiger partial charge on any atom is 0.344 e.